The number of hydrogen-bond donors (Lipinski definition) is 1. The van der Waals surface area contributed by atoms with Crippen molar-refractivity contribution in [3.63, 3.8) is 0 Å². The highest BCUT2D eigenvalue weighted by molar-refractivity contribution is 8.01. The minimum Gasteiger partial charge on any atom is -0.476 e. The Balaban J connectivity index is 1.61. The fraction of sp³-hybridized carbons (Fsp3) is 0.286. The van der Waals surface area contributed by atoms with Gasteiger partial charge < -0.3 is 4.74 Å². The molecule has 1 aliphatic rings. The molecule has 1 N–H and O–H groups in total. The molecule has 1 aromatic heterocycles. The summed E-state index contributed by atoms with van der Waals surface area (Å²) in [6, 6.07) is 13.4. The van der Waals surface area contributed by atoms with Gasteiger partial charge in [0.05, 0.1) is 17.1 Å². The van der Waals surface area contributed by atoms with Crippen molar-refractivity contribution < 1.29 is 17.9 Å². The van der Waals surface area contributed by atoms with Crippen LogP contribution in [0.15, 0.2) is 57.8 Å². The fourth-order valence-corrected chi connectivity index (χ4v) is 6.32. The van der Waals surface area contributed by atoms with E-state index >= 15 is 0 Å². The predicted octanol–water partition coefficient (Wildman–Crippen LogP) is 3.94. The third-order valence-corrected chi connectivity index (χ3v) is 8.65. The molecule has 168 valence electrons. The summed E-state index contributed by atoms with van der Waals surface area (Å²) in [6.45, 7) is 3.79. The number of nitrogens with zero attached hydrogens (tertiary/aromatic N) is 3. The lowest BCUT2D eigenvalue weighted by molar-refractivity contribution is -0.122. The second-order valence-electron chi connectivity index (χ2n) is 7.14. The highest BCUT2D eigenvalue weighted by atomic mass is 32.2. The molecule has 0 fully saturated rings. The van der Waals surface area contributed by atoms with Gasteiger partial charge in [0.2, 0.25) is 5.13 Å². The monoisotopic (exact) mass is 490 g/mol. The number of fused-ring (bicyclic) bond motifs is 1. The van der Waals surface area contributed by atoms with Crippen molar-refractivity contribution in [1.29, 1.82) is 0 Å². The number of carbonyl (C=O) groups is 1. The van der Waals surface area contributed by atoms with Crippen LogP contribution in [0.3, 0.4) is 0 Å². The summed E-state index contributed by atoms with van der Waals surface area (Å²) >= 11 is 2.85. The Morgan fingerprint density at radius 3 is 2.78 bits per heavy atom. The molecule has 2 heterocycles. The number of carbonyl (C=O) groups excluding carboxylic acids is 1. The van der Waals surface area contributed by atoms with Crippen LogP contribution in [0.5, 0.6) is 5.75 Å². The van der Waals surface area contributed by atoms with Crippen LogP contribution in [0.4, 0.5) is 10.8 Å². The van der Waals surface area contributed by atoms with Crippen molar-refractivity contribution in [1.82, 2.24) is 10.2 Å². The third-order valence-electron chi connectivity index (χ3n) is 4.67. The van der Waals surface area contributed by atoms with Gasteiger partial charge in [0.15, 0.2) is 10.4 Å². The van der Waals surface area contributed by atoms with Crippen LogP contribution in [0, 0.1) is 6.92 Å². The zero-order chi connectivity index (χ0) is 22.7. The molecule has 1 amide bonds. The number of thioether (sulfide) groups is 1. The Morgan fingerprint density at radius 1 is 1.25 bits per heavy atom. The highest BCUT2D eigenvalue weighted by Crippen LogP contribution is 2.38. The minimum atomic E-state index is -3.89. The molecule has 11 heteroatoms. The van der Waals surface area contributed by atoms with Gasteiger partial charge in [-0.1, -0.05) is 54.3 Å². The fourth-order valence-electron chi connectivity index (χ4n) is 3.14. The Labute approximate surface area is 195 Å². The summed E-state index contributed by atoms with van der Waals surface area (Å²) in [7, 11) is -3.89. The second-order valence-corrected chi connectivity index (χ2v) is 11.3. The first-order valence-electron chi connectivity index (χ1n) is 10.0. The molecule has 3 aromatic rings. The molecule has 0 radical (unpaired) electrons. The predicted molar refractivity (Wildman–Crippen MR) is 126 cm³/mol. The van der Waals surface area contributed by atoms with Crippen LogP contribution >= 0.6 is 23.1 Å². The molecule has 0 bridgehead atoms. The number of benzene rings is 2. The lowest BCUT2D eigenvalue weighted by Crippen LogP contribution is -2.48. The van der Waals surface area contributed by atoms with Crippen molar-refractivity contribution >= 4 is 49.8 Å². The molecule has 4 rings (SSSR count). The normalized spacial score (nSPS) is 15.7. The molecule has 32 heavy (non-hydrogen) atoms. The van der Waals surface area contributed by atoms with E-state index in [-0.39, 0.29) is 11.4 Å². The third kappa shape index (κ3) is 4.74. The van der Waals surface area contributed by atoms with Crippen molar-refractivity contribution in [2.24, 2.45) is 0 Å². The smallest absolute Gasteiger partial charge is 0.269 e. The maximum absolute atomic E-state index is 13.4. The maximum atomic E-state index is 13.4. The number of hydrogen-bond acceptors (Lipinski definition) is 8. The largest absolute Gasteiger partial charge is 0.476 e. The number of rotatable bonds is 7. The summed E-state index contributed by atoms with van der Waals surface area (Å²) in [5, 5.41) is 11.1. The summed E-state index contributed by atoms with van der Waals surface area (Å²) < 4.78 is 34.7. The zero-order valence-electron chi connectivity index (χ0n) is 17.5. The van der Waals surface area contributed by atoms with E-state index in [1.807, 2.05) is 13.0 Å². The number of sulfonamides is 1. The van der Waals surface area contributed by atoms with Gasteiger partial charge in [-0.3, -0.25) is 14.4 Å². The van der Waals surface area contributed by atoms with E-state index in [1.54, 1.807) is 42.1 Å². The summed E-state index contributed by atoms with van der Waals surface area (Å²) in [6.07, 6.45) is -0.0368. The molecule has 0 aliphatic carbocycles. The summed E-state index contributed by atoms with van der Waals surface area (Å²) in [5.74, 6) is 0.775. The maximum Gasteiger partial charge on any atom is 0.269 e. The van der Waals surface area contributed by atoms with Gasteiger partial charge in [-0.05, 0) is 43.2 Å². The van der Waals surface area contributed by atoms with E-state index < -0.39 is 22.0 Å². The molecule has 0 spiro atoms. The van der Waals surface area contributed by atoms with Gasteiger partial charge in [-0.25, -0.2) is 8.42 Å². The Hall–Kier alpha value is -2.63. The molecule has 2 aromatic carbocycles. The molecule has 8 nitrogen and oxygen atoms in total. The molecule has 1 aliphatic heterocycles. The van der Waals surface area contributed by atoms with Gasteiger partial charge >= 0.3 is 0 Å². The molecule has 0 saturated heterocycles. The van der Waals surface area contributed by atoms with Gasteiger partial charge in [0.1, 0.15) is 5.75 Å². The molecular weight excluding hydrogens is 468 g/mol. The highest BCUT2D eigenvalue weighted by Gasteiger charge is 2.37. The number of nitrogens with one attached hydrogen (secondary N) is 1. The second kappa shape index (κ2) is 9.47. The van der Waals surface area contributed by atoms with Gasteiger partial charge in [-0.2, -0.15) is 0 Å². The Bertz CT molecular complexity index is 1210. The van der Waals surface area contributed by atoms with Crippen LogP contribution in [0.25, 0.3) is 0 Å². The van der Waals surface area contributed by atoms with Crippen molar-refractivity contribution in [3.05, 3.63) is 54.1 Å². The minimum absolute atomic E-state index is 0.147. The number of anilines is 2. The van der Waals surface area contributed by atoms with E-state index in [4.69, 9.17) is 4.74 Å². The number of amides is 1. The first-order chi connectivity index (χ1) is 15.4. The van der Waals surface area contributed by atoms with E-state index in [1.165, 1.54) is 27.8 Å². The average molecular weight is 491 g/mol. The van der Waals surface area contributed by atoms with Crippen LogP contribution in [-0.4, -0.2) is 42.9 Å². The quantitative estimate of drug-likeness (QED) is 0.395. The van der Waals surface area contributed by atoms with E-state index in [9.17, 15) is 13.2 Å². The van der Waals surface area contributed by atoms with Crippen molar-refractivity contribution in [3.8, 4) is 5.75 Å². The van der Waals surface area contributed by atoms with E-state index in [2.05, 4.69) is 22.4 Å². The van der Waals surface area contributed by atoms with E-state index in [0.29, 0.717) is 16.6 Å². The number of ether oxygens (including phenoxy) is 1. The average Bonchev–Trinajstić information content (AvgIpc) is 3.24. The lowest BCUT2D eigenvalue weighted by Gasteiger charge is -2.34. The van der Waals surface area contributed by atoms with Gasteiger partial charge in [-0.15, -0.1) is 10.2 Å². The molecule has 1 atom stereocenters. The topological polar surface area (TPSA) is 101 Å². The van der Waals surface area contributed by atoms with Crippen molar-refractivity contribution in [2.75, 3.05) is 21.9 Å². The SMILES string of the molecule is CCCSc1nnc(NC(=O)C2CN(S(=O)(=O)c3ccccc3)c3ccc(C)cc3O2)s1. The van der Waals surface area contributed by atoms with Crippen LogP contribution in [0.1, 0.15) is 18.9 Å². The number of aryl methyl sites for hydroxylation is 1. The molecular formula is C21H22N4O4S3. The van der Waals surface area contributed by atoms with Crippen LogP contribution in [-0.2, 0) is 14.8 Å². The molecule has 1 unspecified atom stereocenters. The zero-order valence-corrected chi connectivity index (χ0v) is 20.0. The Morgan fingerprint density at radius 2 is 2.03 bits per heavy atom. The van der Waals surface area contributed by atoms with Crippen LogP contribution in [0.2, 0.25) is 0 Å². The first-order valence-corrected chi connectivity index (χ1v) is 13.2. The van der Waals surface area contributed by atoms with E-state index in [0.717, 1.165) is 22.1 Å². The first kappa shape index (κ1) is 22.6. The molecule has 0 saturated carbocycles. The summed E-state index contributed by atoms with van der Waals surface area (Å²) in [5.41, 5.74) is 1.29. The summed E-state index contributed by atoms with van der Waals surface area (Å²) in [4.78, 5) is 13.1. The Kier molecular flexibility index (Phi) is 6.68. The standard InChI is InChI=1S/C21H22N4O4S3/c1-3-11-30-21-24-23-20(31-21)22-19(26)18-13-25(16-10-9-14(2)12-17(16)29-18)32(27,28)15-7-5-4-6-8-15/h4-10,12,18H,3,11,13H2,1-2H3,(H,22,23,26). The lowest BCUT2D eigenvalue weighted by atomic mass is 10.1. The van der Waals surface area contributed by atoms with Gasteiger partial charge in [0, 0.05) is 5.75 Å². The van der Waals surface area contributed by atoms with Crippen molar-refractivity contribution in [2.45, 2.75) is 35.6 Å². The number of aromatic nitrogens is 2. The van der Waals surface area contributed by atoms with Crippen LogP contribution < -0.4 is 14.4 Å². The van der Waals surface area contributed by atoms with Gasteiger partial charge in [0.25, 0.3) is 15.9 Å².